The van der Waals surface area contributed by atoms with E-state index in [-0.39, 0.29) is 12.8 Å². The number of amides is 5. The molecule has 182 valence electrons. The number of aliphatic hydroxyl groups excluding tert-OH is 1. The fourth-order valence-electron chi connectivity index (χ4n) is 2.54. The van der Waals surface area contributed by atoms with Gasteiger partial charge in [-0.2, -0.15) is 0 Å². The van der Waals surface area contributed by atoms with Gasteiger partial charge in [0.2, 0.25) is 29.5 Å². The molecule has 0 bridgehead atoms. The van der Waals surface area contributed by atoms with E-state index in [1.54, 1.807) is 13.8 Å². The molecular weight excluding hydrogens is 428 g/mol. The number of hydrogen-bond donors (Lipinski definition) is 8. The fourth-order valence-corrected chi connectivity index (χ4v) is 2.54. The summed E-state index contributed by atoms with van der Waals surface area (Å²) in [7, 11) is 0. The lowest BCUT2D eigenvalue weighted by molar-refractivity contribution is -0.144. The molecule has 0 saturated heterocycles. The van der Waals surface area contributed by atoms with Crippen LogP contribution in [0.2, 0.25) is 0 Å². The van der Waals surface area contributed by atoms with Gasteiger partial charge in [-0.3, -0.25) is 24.0 Å². The monoisotopic (exact) mass is 460 g/mol. The van der Waals surface area contributed by atoms with E-state index in [0.29, 0.717) is 0 Å². The molecule has 32 heavy (non-hydrogen) atoms. The summed E-state index contributed by atoms with van der Waals surface area (Å²) in [6.45, 7) is 4.38. The van der Waals surface area contributed by atoms with Crippen molar-refractivity contribution in [3.63, 3.8) is 0 Å². The lowest BCUT2D eigenvalue weighted by Gasteiger charge is -2.28. The average Bonchev–Trinajstić information content (AvgIpc) is 2.66. The standard InChI is InChI=1S/C18H32N6O8/c1-7(2)13(23-15(28)9(19)4-5-11(20)26)16(29)24-14(8(3)25)17(30)22-10(18(31)32)6-12(21)27/h7-10,13-14,25H,4-6,19H2,1-3H3,(H2,20,26)(H2,21,27)(H,22,30)(H,23,28)(H,24,29)(H,31,32). The fraction of sp³-hybridized carbons (Fsp3) is 0.667. The van der Waals surface area contributed by atoms with E-state index in [0.717, 1.165) is 0 Å². The Morgan fingerprint density at radius 1 is 0.812 bits per heavy atom. The first kappa shape index (κ1) is 28.7. The Bertz CT molecular complexity index is 726. The maximum atomic E-state index is 12.7. The zero-order chi connectivity index (χ0) is 25.2. The molecule has 0 saturated carbocycles. The Hall–Kier alpha value is -3.26. The molecule has 0 rings (SSSR count). The maximum absolute atomic E-state index is 12.7. The molecule has 0 aliphatic heterocycles. The molecule has 5 amide bonds. The summed E-state index contributed by atoms with van der Waals surface area (Å²) >= 11 is 0. The summed E-state index contributed by atoms with van der Waals surface area (Å²) in [5.74, 6) is -6.29. The summed E-state index contributed by atoms with van der Waals surface area (Å²) in [6, 6.07) is -5.55. The van der Waals surface area contributed by atoms with E-state index in [1.807, 2.05) is 5.32 Å². The number of carbonyl (C=O) groups is 6. The van der Waals surface area contributed by atoms with Crippen molar-refractivity contribution >= 4 is 35.5 Å². The van der Waals surface area contributed by atoms with E-state index in [9.17, 15) is 33.9 Å². The van der Waals surface area contributed by atoms with Crippen molar-refractivity contribution in [1.82, 2.24) is 16.0 Å². The predicted molar refractivity (Wildman–Crippen MR) is 110 cm³/mol. The molecule has 0 aromatic carbocycles. The van der Waals surface area contributed by atoms with Crippen LogP contribution in [0.4, 0.5) is 0 Å². The Morgan fingerprint density at radius 2 is 1.31 bits per heavy atom. The predicted octanol–water partition coefficient (Wildman–Crippen LogP) is -3.97. The third kappa shape index (κ3) is 10.2. The molecule has 11 N–H and O–H groups in total. The molecule has 0 heterocycles. The highest BCUT2D eigenvalue weighted by Gasteiger charge is 2.34. The van der Waals surface area contributed by atoms with Crippen LogP contribution in [-0.4, -0.2) is 76.0 Å². The summed E-state index contributed by atoms with van der Waals surface area (Å²) in [5.41, 5.74) is 15.7. The molecule has 5 atom stereocenters. The smallest absolute Gasteiger partial charge is 0.326 e. The molecule has 0 aromatic heterocycles. The largest absolute Gasteiger partial charge is 0.480 e. The Kier molecular flexibility index (Phi) is 11.9. The number of aliphatic carboxylic acids is 1. The number of carboxylic acids is 1. The summed E-state index contributed by atoms with van der Waals surface area (Å²) in [4.78, 5) is 70.4. The minimum atomic E-state index is -1.66. The molecule has 0 aliphatic carbocycles. The minimum Gasteiger partial charge on any atom is -0.480 e. The molecule has 0 aromatic rings. The number of primary amides is 2. The van der Waals surface area contributed by atoms with Crippen molar-refractivity contribution < 1.29 is 39.0 Å². The normalized spacial score (nSPS) is 15.6. The summed E-state index contributed by atoms with van der Waals surface area (Å²) in [6.07, 6.45) is -2.32. The lowest BCUT2D eigenvalue weighted by Crippen LogP contribution is -2.61. The number of carboxylic acid groups (broad SMARTS) is 1. The number of nitrogens with two attached hydrogens (primary N) is 3. The SMILES string of the molecule is CC(C)C(NC(=O)C(N)CCC(N)=O)C(=O)NC(C(=O)NC(CC(N)=O)C(=O)O)C(C)O. The van der Waals surface area contributed by atoms with E-state index in [2.05, 4.69) is 10.6 Å². The Labute approximate surface area is 184 Å². The van der Waals surface area contributed by atoms with Gasteiger partial charge in [0, 0.05) is 6.42 Å². The van der Waals surface area contributed by atoms with Crippen molar-refractivity contribution in [2.45, 2.75) is 70.3 Å². The molecule has 0 aliphatic rings. The van der Waals surface area contributed by atoms with Crippen molar-refractivity contribution in [2.75, 3.05) is 0 Å². The first-order valence-corrected chi connectivity index (χ1v) is 9.81. The van der Waals surface area contributed by atoms with Crippen LogP contribution in [-0.2, 0) is 28.8 Å². The molecule has 0 radical (unpaired) electrons. The van der Waals surface area contributed by atoms with Crippen LogP contribution in [0.3, 0.4) is 0 Å². The number of aliphatic hydroxyl groups is 1. The maximum Gasteiger partial charge on any atom is 0.326 e. The third-order valence-electron chi connectivity index (χ3n) is 4.37. The van der Waals surface area contributed by atoms with Crippen molar-refractivity contribution in [2.24, 2.45) is 23.1 Å². The molecule has 0 spiro atoms. The number of hydrogen-bond acceptors (Lipinski definition) is 8. The number of nitrogens with one attached hydrogen (secondary N) is 3. The van der Waals surface area contributed by atoms with Crippen LogP contribution in [0, 0.1) is 5.92 Å². The highest BCUT2D eigenvalue weighted by Crippen LogP contribution is 2.06. The lowest BCUT2D eigenvalue weighted by atomic mass is 10.0. The van der Waals surface area contributed by atoms with E-state index in [4.69, 9.17) is 22.3 Å². The van der Waals surface area contributed by atoms with Gasteiger partial charge in [0.25, 0.3) is 0 Å². The molecule has 14 nitrogen and oxygen atoms in total. The van der Waals surface area contributed by atoms with E-state index < -0.39 is 78.1 Å². The second kappa shape index (κ2) is 13.2. The Balaban J connectivity index is 5.33. The second-order valence-electron chi connectivity index (χ2n) is 7.64. The summed E-state index contributed by atoms with van der Waals surface area (Å²) in [5, 5.41) is 25.7. The summed E-state index contributed by atoms with van der Waals surface area (Å²) < 4.78 is 0. The van der Waals surface area contributed by atoms with Gasteiger partial charge < -0.3 is 43.4 Å². The molecule has 14 heteroatoms. The third-order valence-corrected chi connectivity index (χ3v) is 4.37. The quantitative estimate of drug-likeness (QED) is 0.125. The average molecular weight is 460 g/mol. The zero-order valence-electron chi connectivity index (χ0n) is 18.2. The molecule has 0 fully saturated rings. The van der Waals surface area contributed by atoms with E-state index in [1.165, 1.54) is 6.92 Å². The highest BCUT2D eigenvalue weighted by atomic mass is 16.4. The first-order chi connectivity index (χ1) is 14.7. The highest BCUT2D eigenvalue weighted by molar-refractivity contribution is 5.95. The zero-order valence-corrected chi connectivity index (χ0v) is 18.2. The van der Waals surface area contributed by atoms with Crippen molar-refractivity contribution in [1.29, 1.82) is 0 Å². The van der Waals surface area contributed by atoms with Gasteiger partial charge in [-0.15, -0.1) is 0 Å². The van der Waals surface area contributed by atoms with Gasteiger partial charge in [-0.05, 0) is 19.3 Å². The van der Waals surface area contributed by atoms with Crippen molar-refractivity contribution in [3.8, 4) is 0 Å². The van der Waals surface area contributed by atoms with Crippen LogP contribution in [0.15, 0.2) is 0 Å². The van der Waals surface area contributed by atoms with Crippen LogP contribution in [0.1, 0.15) is 40.0 Å². The van der Waals surface area contributed by atoms with Crippen LogP contribution in [0.25, 0.3) is 0 Å². The molecular formula is C18H32N6O8. The van der Waals surface area contributed by atoms with Gasteiger partial charge in [-0.25, -0.2) is 4.79 Å². The van der Waals surface area contributed by atoms with Gasteiger partial charge in [0.05, 0.1) is 18.6 Å². The van der Waals surface area contributed by atoms with Gasteiger partial charge in [0.15, 0.2) is 0 Å². The topological polar surface area (TPSA) is 257 Å². The van der Waals surface area contributed by atoms with Gasteiger partial charge in [0.1, 0.15) is 18.1 Å². The number of rotatable bonds is 14. The second-order valence-corrected chi connectivity index (χ2v) is 7.64. The number of carbonyl (C=O) groups excluding carboxylic acids is 5. The molecule has 5 unspecified atom stereocenters. The van der Waals surface area contributed by atoms with Crippen LogP contribution in [0.5, 0.6) is 0 Å². The van der Waals surface area contributed by atoms with Gasteiger partial charge in [-0.1, -0.05) is 13.8 Å². The van der Waals surface area contributed by atoms with Crippen molar-refractivity contribution in [3.05, 3.63) is 0 Å². The first-order valence-electron chi connectivity index (χ1n) is 9.81. The Morgan fingerprint density at radius 3 is 1.72 bits per heavy atom. The minimum absolute atomic E-state index is 0.0389. The van der Waals surface area contributed by atoms with E-state index >= 15 is 0 Å². The van der Waals surface area contributed by atoms with Gasteiger partial charge >= 0.3 is 5.97 Å². The van der Waals surface area contributed by atoms with Crippen LogP contribution >= 0.6 is 0 Å². The van der Waals surface area contributed by atoms with Crippen LogP contribution < -0.4 is 33.2 Å².